The Bertz CT molecular complexity index is 1040. The number of nitrogens with zero attached hydrogens (tertiary/aromatic N) is 1. The van der Waals surface area contributed by atoms with Crippen molar-refractivity contribution in [3.8, 4) is 5.75 Å². The van der Waals surface area contributed by atoms with E-state index in [2.05, 4.69) is 0 Å². The van der Waals surface area contributed by atoms with E-state index in [0.29, 0.717) is 20.7 Å². The highest BCUT2D eigenvalue weighted by atomic mass is 32.2. The summed E-state index contributed by atoms with van der Waals surface area (Å²) in [6.07, 6.45) is 1.73. The van der Waals surface area contributed by atoms with E-state index >= 15 is 0 Å². The van der Waals surface area contributed by atoms with Crippen molar-refractivity contribution in [1.29, 1.82) is 0 Å². The molecule has 0 saturated carbocycles. The van der Waals surface area contributed by atoms with Crippen molar-refractivity contribution in [2.75, 3.05) is 12.0 Å². The van der Waals surface area contributed by atoms with E-state index in [-0.39, 0.29) is 5.91 Å². The first-order chi connectivity index (χ1) is 13.6. The fourth-order valence-corrected chi connectivity index (χ4v) is 4.70. The summed E-state index contributed by atoms with van der Waals surface area (Å²) < 4.78 is 11.5. The van der Waals surface area contributed by atoms with E-state index in [9.17, 15) is 4.79 Å². The van der Waals surface area contributed by atoms with E-state index in [0.717, 1.165) is 15.7 Å². The normalized spacial score (nSPS) is 15.5. The van der Waals surface area contributed by atoms with Gasteiger partial charge in [-0.1, -0.05) is 53.9 Å². The van der Waals surface area contributed by atoms with E-state index in [1.54, 1.807) is 25.3 Å². The molecule has 4 nitrogen and oxygen atoms in total. The van der Waals surface area contributed by atoms with E-state index in [1.165, 1.54) is 28.4 Å². The van der Waals surface area contributed by atoms with E-state index in [4.69, 9.17) is 21.4 Å². The number of carbonyl (C=O) groups excluding carboxylic acids is 1. The van der Waals surface area contributed by atoms with Crippen molar-refractivity contribution in [3.05, 3.63) is 77.4 Å². The average Bonchev–Trinajstić information content (AvgIpc) is 3.26. The topological polar surface area (TPSA) is 42.7 Å². The van der Waals surface area contributed by atoms with Crippen molar-refractivity contribution in [1.82, 2.24) is 0 Å². The van der Waals surface area contributed by atoms with Crippen LogP contribution < -0.4 is 9.64 Å². The maximum atomic E-state index is 12.8. The molecule has 1 aromatic heterocycles. The number of methoxy groups -OCH3 is 1. The molecule has 0 unspecified atom stereocenters. The number of hydrogen-bond donors (Lipinski definition) is 0. The lowest BCUT2D eigenvalue weighted by Gasteiger charge is -2.14. The van der Waals surface area contributed by atoms with Gasteiger partial charge in [-0.15, -0.1) is 0 Å². The number of rotatable bonds is 5. The molecule has 0 atom stereocenters. The summed E-state index contributed by atoms with van der Waals surface area (Å²) in [5, 5.41) is 0.767. The zero-order chi connectivity index (χ0) is 19.5. The Morgan fingerprint density at radius 3 is 2.54 bits per heavy atom. The van der Waals surface area contributed by atoms with Crippen molar-refractivity contribution in [2.45, 2.75) is 9.99 Å². The van der Waals surface area contributed by atoms with Gasteiger partial charge >= 0.3 is 0 Å². The van der Waals surface area contributed by atoms with Crippen LogP contribution in [-0.2, 0) is 4.79 Å². The van der Waals surface area contributed by atoms with Crippen LogP contribution in [0.5, 0.6) is 5.75 Å². The van der Waals surface area contributed by atoms with E-state index in [1.807, 2.05) is 54.6 Å². The Labute approximate surface area is 176 Å². The molecule has 28 heavy (non-hydrogen) atoms. The largest absolute Gasteiger partial charge is 0.497 e. The third kappa shape index (κ3) is 4.01. The second kappa shape index (κ2) is 8.26. The van der Waals surface area contributed by atoms with Crippen LogP contribution in [0.2, 0.25) is 0 Å². The molecule has 1 saturated heterocycles. The Kier molecular flexibility index (Phi) is 5.57. The van der Waals surface area contributed by atoms with Crippen LogP contribution in [0.3, 0.4) is 0 Å². The molecule has 1 aliphatic heterocycles. The zero-order valence-electron chi connectivity index (χ0n) is 14.8. The van der Waals surface area contributed by atoms with Crippen LogP contribution >= 0.6 is 35.7 Å². The summed E-state index contributed by atoms with van der Waals surface area (Å²) in [5.41, 5.74) is 0.714. The minimum absolute atomic E-state index is 0.158. The highest BCUT2D eigenvalue weighted by Gasteiger charge is 2.33. The van der Waals surface area contributed by atoms with Gasteiger partial charge in [0, 0.05) is 11.0 Å². The van der Waals surface area contributed by atoms with Crippen molar-refractivity contribution in [2.24, 2.45) is 0 Å². The van der Waals surface area contributed by atoms with Crippen LogP contribution in [-0.4, -0.2) is 17.3 Å². The van der Waals surface area contributed by atoms with Crippen molar-refractivity contribution in [3.63, 3.8) is 0 Å². The third-order valence-corrected chi connectivity index (χ3v) is 6.19. The average molecular weight is 426 g/mol. The Balaban J connectivity index is 1.52. The minimum Gasteiger partial charge on any atom is -0.497 e. The van der Waals surface area contributed by atoms with Crippen LogP contribution in [0.4, 0.5) is 5.69 Å². The third-order valence-electron chi connectivity index (χ3n) is 3.96. The second-order valence-electron chi connectivity index (χ2n) is 5.79. The molecule has 0 spiro atoms. The number of amides is 1. The number of anilines is 1. The maximum absolute atomic E-state index is 12.8. The van der Waals surface area contributed by atoms with Gasteiger partial charge in [0.15, 0.2) is 9.41 Å². The lowest BCUT2D eigenvalue weighted by atomic mass is 10.2. The molecule has 0 radical (unpaired) electrons. The molecule has 2 heterocycles. The van der Waals surface area contributed by atoms with Crippen molar-refractivity contribution >= 4 is 57.7 Å². The van der Waals surface area contributed by atoms with Gasteiger partial charge in [-0.2, -0.15) is 0 Å². The summed E-state index contributed by atoms with van der Waals surface area (Å²) in [7, 11) is 1.60. The Morgan fingerprint density at radius 1 is 1.07 bits per heavy atom. The highest BCUT2D eigenvalue weighted by molar-refractivity contribution is 8.27. The fourth-order valence-electron chi connectivity index (χ4n) is 2.62. The molecule has 3 aromatic rings. The lowest BCUT2D eigenvalue weighted by Crippen LogP contribution is -2.27. The second-order valence-corrected chi connectivity index (χ2v) is 8.54. The first kappa shape index (κ1) is 18.9. The molecule has 7 heteroatoms. The summed E-state index contributed by atoms with van der Waals surface area (Å²) in [6, 6.07) is 21.0. The van der Waals surface area contributed by atoms with Gasteiger partial charge in [0.25, 0.3) is 5.91 Å². The summed E-state index contributed by atoms with van der Waals surface area (Å²) in [4.78, 5) is 16.0. The van der Waals surface area contributed by atoms with Crippen molar-refractivity contribution < 1.29 is 13.9 Å². The predicted octanol–water partition coefficient (Wildman–Crippen LogP) is 5.85. The van der Waals surface area contributed by atoms with E-state index < -0.39 is 0 Å². The van der Waals surface area contributed by atoms with Crippen LogP contribution in [0.25, 0.3) is 6.08 Å². The van der Waals surface area contributed by atoms with Gasteiger partial charge in [0.1, 0.15) is 11.5 Å². The number of ether oxygens (including phenoxy) is 1. The quantitative estimate of drug-likeness (QED) is 0.378. The standard InChI is InChI=1S/C21H15NO3S3/c1-24-15-9-7-14(8-10-15)22-20(23)18(28-21(22)26)13-16-11-12-19(25-16)27-17-5-3-2-4-6-17/h2-13H,1H3/b18-13+. The maximum Gasteiger partial charge on any atom is 0.270 e. The molecule has 2 aromatic carbocycles. The monoisotopic (exact) mass is 425 g/mol. The van der Waals surface area contributed by atoms with Gasteiger partial charge in [-0.25, -0.2) is 0 Å². The Morgan fingerprint density at radius 2 is 1.82 bits per heavy atom. The van der Waals surface area contributed by atoms with Gasteiger partial charge in [-0.3, -0.25) is 9.69 Å². The number of thioether (sulfide) groups is 1. The number of thiocarbonyl (C=S) groups is 1. The van der Waals surface area contributed by atoms with Gasteiger partial charge in [0.2, 0.25) is 0 Å². The molecular formula is C21H15NO3S3. The number of benzene rings is 2. The molecule has 1 fully saturated rings. The molecule has 4 rings (SSSR count). The zero-order valence-corrected chi connectivity index (χ0v) is 17.3. The summed E-state index contributed by atoms with van der Waals surface area (Å²) >= 11 is 8.21. The molecule has 0 N–H and O–H groups in total. The predicted molar refractivity (Wildman–Crippen MR) is 118 cm³/mol. The molecular weight excluding hydrogens is 410 g/mol. The summed E-state index contributed by atoms with van der Waals surface area (Å²) in [5.74, 6) is 1.19. The fraction of sp³-hybridized carbons (Fsp3) is 0.0476. The van der Waals surface area contributed by atoms with Gasteiger partial charge < -0.3 is 9.15 Å². The summed E-state index contributed by atoms with van der Waals surface area (Å²) in [6.45, 7) is 0. The molecule has 0 aliphatic carbocycles. The van der Waals surface area contributed by atoms with Crippen LogP contribution in [0, 0.1) is 0 Å². The first-order valence-corrected chi connectivity index (χ1v) is 10.4. The van der Waals surface area contributed by atoms with Gasteiger partial charge in [0.05, 0.1) is 17.7 Å². The SMILES string of the molecule is COc1ccc(N2C(=O)/C(=C\c3ccc(Sc4ccccc4)o3)SC2=S)cc1. The van der Waals surface area contributed by atoms with Crippen LogP contribution in [0.1, 0.15) is 5.76 Å². The number of hydrogen-bond acceptors (Lipinski definition) is 6. The molecule has 1 amide bonds. The smallest absolute Gasteiger partial charge is 0.270 e. The number of furan rings is 1. The first-order valence-electron chi connectivity index (χ1n) is 8.39. The number of carbonyl (C=O) groups is 1. The van der Waals surface area contributed by atoms with Gasteiger partial charge in [-0.05, 0) is 48.5 Å². The molecule has 0 bridgehead atoms. The highest BCUT2D eigenvalue weighted by Crippen LogP contribution is 2.37. The minimum atomic E-state index is -0.158. The Hall–Kier alpha value is -2.48. The molecule has 1 aliphatic rings. The lowest BCUT2D eigenvalue weighted by molar-refractivity contribution is -0.113. The van der Waals surface area contributed by atoms with Crippen LogP contribution in [0.15, 0.2) is 86.0 Å². The molecule has 140 valence electrons.